The molecule has 0 bridgehead atoms. The molecule has 23 heavy (non-hydrogen) atoms. The molecule has 1 aromatic carbocycles. The molecule has 3 atom stereocenters. The van der Waals surface area contributed by atoms with E-state index in [-0.39, 0.29) is 0 Å². The van der Waals surface area contributed by atoms with Crippen molar-refractivity contribution in [2.24, 2.45) is 11.8 Å². The summed E-state index contributed by atoms with van der Waals surface area (Å²) in [4.78, 5) is 0. The molecular formula is C22H30Si. The fourth-order valence-electron chi connectivity index (χ4n) is 6.08. The van der Waals surface area contributed by atoms with Gasteiger partial charge in [-0.3, -0.25) is 0 Å². The molecule has 0 heterocycles. The van der Waals surface area contributed by atoms with E-state index in [0.29, 0.717) is 10.5 Å². The van der Waals surface area contributed by atoms with E-state index in [9.17, 15) is 0 Å². The van der Waals surface area contributed by atoms with E-state index in [1.807, 2.05) is 5.57 Å². The predicted octanol–water partition coefficient (Wildman–Crippen LogP) is 4.95. The maximum absolute atomic E-state index is 2.60. The molecule has 2 saturated carbocycles. The number of hydrogen-bond acceptors (Lipinski definition) is 0. The van der Waals surface area contributed by atoms with Crippen molar-refractivity contribution in [3.63, 3.8) is 0 Å². The minimum absolute atomic E-state index is 0.338. The Labute approximate surface area is 144 Å². The first-order valence-corrected chi connectivity index (χ1v) is 10.6. The zero-order valence-electron chi connectivity index (χ0n) is 14.7. The molecule has 3 aliphatic carbocycles. The molecule has 2 fully saturated rings. The van der Waals surface area contributed by atoms with Crippen molar-refractivity contribution >= 4 is 10.2 Å². The molecule has 122 valence electrons. The smallest absolute Gasteiger partial charge is 0.0173 e. The second-order valence-corrected chi connectivity index (χ2v) is 10.00. The van der Waals surface area contributed by atoms with E-state index in [0.717, 1.165) is 11.8 Å². The molecule has 0 aromatic heterocycles. The van der Waals surface area contributed by atoms with Crippen LogP contribution in [0.5, 0.6) is 0 Å². The molecule has 0 spiro atoms. The highest BCUT2D eigenvalue weighted by Gasteiger charge is 2.58. The molecule has 0 amide bonds. The maximum Gasteiger partial charge on any atom is 0.0173 e. The van der Waals surface area contributed by atoms with Gasteiger partial charge < -0.3 is 0 Å². The van der Waals surface area contributed by atoms with Crippen LogP contribution in [0.3, 0.4) is 0 Å². The Morgan fingerprint density at radius 1 is 1.04 bits per heavy atom. The lowest BCUT2D eigenvalue weighted by molar-refractivity contribution is 0.224. The van der Waals surface area contributed by atoms with Crippen molar-refractivity contribution in [1.82, 2.24) is 0 Å². The molecule has 4 rings (SSSR count). The van der Waals surface area contributed by atoms with E-state index in [1.54, 1.807) is 5.56 Å². The fraction of sp³-hybridized carbons (Fsp3) is 0.545. The number of allylic oxidation sites excluding steroid dienone is 4. The van der Waals surface area contributed by atoms with Crippen molar-refractivity contribution < 1.29 is 0 Å². The minimum Gasteiger partial charge on any atom is -0.0839 e. The minimum atomic E-state index is 0.338. The molecular weight excluding hydrogens is 292 g/mol. The maximum atomic E-state index is 2.60. The van der Waals surface area contributed by atoms with Gasteiger partial charge in [-0.15, -0.1) is 0 Å². The van der Waals surface area contributed by atoms with Crippen molar-refractivity contribution in [3.05, 3.63) is 59.7 Å². The van der Waals surface area contributed by atoms with Gasteiger partial charge in [-0.05, 0) is 53.5 Å². The Kier molecular flexibility index (Phi) is 3.88. The highest BCUT2D eigenvalue weighted by atomic mass is 28.1. The van der Waals surface area contributed by atoms with Gasteiger partial charge in [0.1, 0.15) is 0 Å². The standard InChI is InChI=1S/C22H30Si/c1-21(18-11-4-2-5-12-18)16-17-10-8-9-15-20(17)22(21,23)19-13-6-3-7-14-19/h2,4-5,8-9,11-12,15,17,19H,3,6-7,10,13-14,16H2,1,23H3. The van der Waals surface area contributed by atoms with Crippen LogP contribution in [0.15, 0.2) is 54.1 Å². The summed E-state index contributed by atoms with van der Waals surface area (Å²) in [6.07, 6.45) is 17.2. The average molecular weight is 323 g/mol. The lowest BCUT2D eigenvalue weighted by Crippen LogP contribution is -2.41. The Morgan fingerprint density at radius 3 is 2.52 bits per heavy atom. The van der Waals surface area contributed by atoms with Crippen LogP contribution in [-0.2, 0) is 5.41 Å². The highest BCUT2D eigenvalue weighted by Crippen LogP contribution is 2.69. The van der Waals surface area contributed by atoms with E-state index in [4.69, 9.17) is 0 Å². The van der Waals surface area contributed by atoms with Gasteiger partial charge in [0.2, 0.25) is 0 Å². The highest BCUT2D eigenvalue weighted by molar-refractivity contribution is 6.19. The summed E-state index contributed by atoms with van der Waals surface area (Å²) >= 11 is 0. The van der Waals surface area contributed by atoms with Crippen LogP contribution in [0.1, 0.15) is 57.4 Å². The van der Waals surface area contributed by atoms with Crippen LogP contribution < -0.4 is 0 Å². The SMILES string of the molecule is CC1(c2ccccc2)CC2CC=CC=C2C1([SiH3])C1CCCCC1. The Hall–Kier alpha value is -1.08. The number of rotatable bonds is 2. The second kappa shape index (κ2) is 5.77. The zero-order chi connectivity index (χ0) is 15.9. The van der Waals surface area contributed by atoms with Crippen molar-refractivity contribution in [2.45, 2.75) is 62.3 Å². The zero-order valence-corrected chi connectivity index (χ0v) is 16.7. The van der Waals surface area contributed by atoms with Crippen LogP contribution >= 0.6 is 0 Å². The summed E-state index contributed by atoms with van der Waals surface area (Å²) in [6, 6.07) is 11.5. The summed E-state index contributed by atoms with van der Waals surface area (Å²) in [5.41, 5.74) is 3.76. The molecule has 0 saturated heterocycles. The van der Waals surface area contributed by atoms with Crippen molar-refractivity contribution in [1.29, 1.82) is 0 Å². The van der Waals surface area contributed by atoms with Crippen LogP contribution in [0.25, 0.3) is 0 Å². The lowest BCUT2D eigenvalue weighted by atomic mass is 9.63. The first-order chi connectivity index (χ1) is 11.2. The van der Waals surface area contributed by atoms with Gasteiger partial charge in [0, 0.05) is 10.2 Å². The second-order valence-electron chi connectivity index (χ2n) is 8.42. The predicted molar refractivity (Wildman–Crippen MR) is 103 cm³/mol. The van der Waals surface area contributed by atoms with E-state index in [2.05, 4.69) is 55.5 Å². The Balaban J connectivity index is 1.84. The first kappa shape index (κ1) is 15.4. The summed E-state index contributed by atoms with van der Waals surface area (Å²) < 4.78 is 0. The number of fused-ring (bicyclic) bond motifs is 1. The molecule has 3 aliphatic rings. The van der Waals surface area contributed by atoms with Gasteiger partial charge in [0.25, 0.3) is 0 Å². The lowest BCUT2D eigenvalue weighted by Gasteiger charge is -2.49. The summed E-state index contributed by atoms with van der Waals surface area (Å²) in [6.45, 7) is 2.60. The molecule has 1 aromatic rings. The van der Waals surface area contributed by atoms with E-state index >= 15 is 0 Å². The first-order valence-electron chi connectivity index (χ1n) is 9.59. The quantitative estimate of drug-likeness (QED) is 0.675. The third kappa shape index (κ3) is 2.23. The third-order valence-corrected chi connectivity index (χ3v) is 10.0. The van der Waals surface area contributed by atoms with Gasteiger partial charge in [-0.2, -0.15) is 0 Å². The van der Waals surface area contributed by atoms with Gasteiger partial charge in [-0.1, -0.05) is 80.3 Å². The molecule has 0 nitrogen and oxygen atoms in total. The van der Waals surface area contributed by atoms with Crippen LogP contribution in [0.2, 0.25) is 5.04 Å². The van der Waals surface area contributed by atoms with Crippen molar-refractivity contribution in [2.75, 3.05) is 0 Å². The van der Waals surface area contributed by atoms with Crippen LogP contribution in [0.4, 0.5) is 0 Å². The van der Waals surface area contributed by atoms with Gasteiger partial charge in [0.15, 0.2) is 0 Å². The number of hydrogen-bond donors (Lipinski definition) is 0. The normalized spacial score (nSPS) is 37.6. The average Bonchev–Trinajstić information content (AvgIpc) is 2.86. The van der Waals surface area contributed by atoms with Crippen LogP contribution in [-0.4, -0.2) is 10.2 Å². The summed E-state index contributed by atoms with van der Waals surface area (Å²) in [5.74, 6) is 1.71. The summed E-state index contributed by atoms with van der Waals surface area (Å²) in [5, 5.41) is 0.462. The van der Waals surface area contributed by atoms with Gasteiger partial charge in [-0.25, -0.2) is 0 Å². The van der Waals surface area contributed by atoms with Crippen LogP contribution in [0, 0.1) is 11.8 Å². The third-order valence-electron chi connectivity index (χ3n) is 7.51. The Morgan fingerprint density at radius 2 is 1.78 bits per heavy atom. The molecule has 0 radical (unpaired) electrons. The number of benzene rings is 1. The summed E-state index contributed by atoms with van der Waals surface area (Å²) in [7, 11) is 1.28. The van der Waals surface area contributed by atoms with Gasteiger partial charge >= 0.3 is 0 Å². The Bertz CT molecular complexity index is 623. The van der Waals surface area contributed by atoms with Crippen molar-refractivity contribution in [3.8, 4) is 0 Å². The monoisotopic (exact) mass is 322 g/mol. The molecule has 3 unspecified atom stereocenters. The molecule has 0 N–H and O–H groups in total. The van der Waals surface area contributed by atoms with Gasteiger partial charge in [0.05, 0.1) is 0 Å². The molecule has 1 heteroatoms. The fourth-order valence-corrected chi connectivity index (χ4v) is 7.73. The van der Waals surface area contributed by atoms with E-state index < -0.39 is 0 Å². The topological polar surface area (TPSA) is 0 Å². The molecule has 0 aliphatic heterocycles. The van der Waals surface area contributed by atoms with E-state index in [1.165, 1.54) is 55.2 Å². The largest absolute Gasteiger partial charge is 0.0839 e.